The third kappa shape index (κ3) is 4.32. The zero-order valence-corrected chi connectivity index (χ0v) is 12.9. The molecule has 0 heterocycles. The van der Waals surface area contributed by atoms with Gasteiger partial charge in [0.1, 0.15) is 11.5 Å². The molecule has 0 fully saturated rings. The van der Waals surface area contributed by atoms with Gasteiger partial charge in [-0.25, -0.2) is 0 Å². The second-order valence-corrected chi connectivity index (χ2v) is 5.04. The Bertz CT molecular complexity index is 608. The second-order valence-electron chi connectivity index (χ2n) is 4.19. The molecule has 0 spiro atoms. The number of anilines is 1. The fourth-order valence-electron chi connectivity index (χ4n) is 1.82. The van der Waals surface area contributed by atoms with Crippen LogP contribution >= 0.6 is 15.9 Å². The molecule has 2 aromatic carbocycles. The predicted molar refractivity (Wildman–Crippen MR) is 81.1 cm³/mol. The molecule has 6 heteroatoms. The molecule has 2 aromatic rings. The van der Waals surface area contributed by atoms with E-state index >= 15 is 0 Å². The van der Waals surface area contributed by atoms with E-state index in [4.69, 9.17) is 4.74 Å². The molecule has 112 valence electrons. The van der Waals surface area contributed by atoms with Crippen molar-refractivity contribution in [1.29, 1.82) is 0 Å². The first-order valence-electron chi connectivity index (χ1n) is 6.20. The van der Waals surface area contributed by atoms with E-state index in [2.05, 4.69) is 26.0 Å². The monoisotopic (exact) mass is 357 g/mol. The fraction of sp³-hybridized carbons (Fsp3) is 0.200. The lowest BCUT2D eigenvalue weighted by atomic mass is 10.2. The average molecular weight is 358 g/mol. The molecular formula is C15H14BrF2NO2. The van der Waals surface area contributed by atoms with Crippen molar-refractivity contribution in [2.75, 3.05) is 12.4 Å². The van der Waals surface area contributed by atoms with Crippen molar-refractivity contribution in [3.63, 3.8) is 0 Å². The van der Waals surface area contributed by atoms with E-state index in [1.807, 2.05) is 18.2 Å². The molecule has 0 amide bonds. The SMILES string of the molecule is COc1ccc(Br)c(NCc2ccccc2OC(F)F)c1. The van der Waals surface area contributed by atoms with Crippen LogP contribution in [-0.4, -0.2) is 13.7 Å². The lowest BCUT2D eigenvalue weighted by Gasteiger charge is -2.13. The summed E-state index contributed by atoms with van der Waals surface area (Å²) in [7, 11) is 1.58. The summed E-state index contributed by atoms with van der Waals surface area (Å²) in [6, 6.07) is 12.2. The van der Waals surface area contributed by atoms with Crippen LogP contribution < -0.4 is 14.8 Å². The van der Waals surface area contributed by atoms with Crippen molar-refractivity contribution >= 4 is 21.6 Å². The molecule has 2 rings (SSSR count). The highest BCUT2D eigenvalue weighted by molar-refractivity contribution is 9.10. The molecule has 21 heavy (non-hydrogen) atoms. The molecule has 0 saturated heterocycles. The number of hydrogen-bond acceptors (Lipinski definition) is 3. The molecule has 0 aliphatic carbocycles. The Labute approximate surface area is 130 Å². The van der Waals surface area contributed by atoms with Crippen LogP contribution in [0.25, 0.3) is 0 Å². The van der Waals surface area contributed by atoms with Gasteiger partial charge in [0.2, 0.25) is 0 Å². The Kier molecular flexibility index (Phi) is 5.38. The van der Waals surface area contributed by atoms with Gasteiger partial charge in [-0.1, -0.05) is 18.2 Å². The molecule has 0 aromatic heterocycles. The van der Waals surface area contributed by atoms with Crippen LogP contribution in [0.15, 0.2) is 46.9 Å². The molecular weight excluding hydrogens is 344 g/mol. The number of rotatable bonds is 6. The Morgan fingerprint density at radius 1 is 1.19 bits per heavy atom. The number of methoxy groups -OCH3 is 1. The highest BCUT2D eigenvalue weighted by Crippen LogP contribution is 2.28. The zero-order chi connectivity index (χ0) is 15.2. The fourth-order valence-corrected chi connectivity index (χ4v) is 2.20. The largest absolute Gasteiger partial charge is 0.497 e. The van der Waals surface area contributed by atoms with Crippen molar-refractivity contribution in [3.8, 4) is 11.5 Å². The summed E-state index contributed by atoms with van der Waals surface area (Å²) in [5.41, 5.74) is 1.45. The Balaban J connectivity index is 2.13. The maximum atomic E-state index is 12.4. The molecule has 3 nitrogen and oxygen atoms in total. The first kappa shape index (κ1) is 15.6. The summed E-state index contributed by atoms with van der Waals surface area (Å²) in [6.07, 6.45) is 0. The van der Waals surface area contributed by atoms with Crippen LogP contribution in [0.4, 0.5) is 14.5 Å². The minimum absolute atomic E-state index is 0.166. The minimum Gasteiger partial charge on any atom is -0.497 e. The van der Waals surface area contributed by atoms with Gasteiger partial charge in [-0.05, 0) is 34.1 Å². The van der Waals surface area contributed by atoms with Gasteiger partial charge in [-0.3, -0.25) is 0 Å². The van der Waals surface area contributed by atoms with Gasteiger partial charge in [0.15, 0.2) is 0 Å². The maximum Gasteiger partial charge on any atom is 0.387 e. The van der Waals surface area contributed by atoms with Crippen LogP contribution in [-0.2, 0) is 6.54 Å². The zero-order valence-electron chi connectivity index (χ0n) is 11.3. The van der Waals surface area contributed by atoms with Crippen LogP contribution in [0, 0.1) is 0 Å². The molecule has 0 atom stereocenters. The van der Waals surface area contributed by atoms with Gasteiger partial charge < -0.3 is 14.8 Å². The van der Waals surface area contributed by atoms with E-state index in [1.54, 1.807) is 25.3 Å². The molecule has 0 saturated carbocycles. The van der Waals surface area contributed by atoms with Gasteiger partial charge in [-0.15, -0.1) is 0 Å². The summed E-state index contributed by atoms with van der Waals surface area (Å²) in [6.45, 7) is -2.48. The molecule has 0 bridgehead atoms. The first-order chi connectivity index (χ1) is 10.1. The minimum atomic E-state index is -2.84. The quantitative estimate of drug-likeness (QED) is 0.814. The van der Waals surface area contributed by atoms with E-state index in [9.17, 15) is 8.78 Å². The molecule has 0 radical (unpaired) electrons. The summed E-state index contributed by atoms with van der Waals surface area (Å²) < 4.78 is 35.2. The lowest BCUT2D eigenvalue weighted by molar-refractivity contribution is -0.0504. The summed E-state index contributed by atoms with van der Waals surface area (Å²) in [5.74, 6) is 0.872. The normalized spacial score (nSPS) is 10.5. The average Bonchev–Trinajstić information content (AvgIpc) is 2.47. The van der Waals surface area contributed by atoms with Crippen molar-refractivity contribution in [3.05, 3.63) is 52.5 Å². The van der Waals surface area contributed by atoms with Crippen molar-refractivity contribution in [1.82, 2.24) is 0 Å². The molecule has 1 N–H and O–H groups in total. The number of hydrogen-bond donors (Lipinski definition) is 1. The topological polar surface area (TPSA) is 30.5 Å². The second kappa shape index (κ2) is 7.26. The molecule has 0 unspecified atom stereocenters. The van der Waals surface area contributed by atoms with Crippen LogP contribution in [0.2, 0.25) is 0 Å². The van der Waals surface area contributed by atoms with E-state index in [1.165, 1.54) is 6.07 Å². The van der Waals surface area contributed by atoms with E-state index < -0.39 is 6.61 Å². The highest BCUT2D eigenvalue weighted by Gasteiger charge is 2.09. The molecule has 0 aliphatic heterocycles. The van der Waals surface area contributed by atoms with Gasteiger partial charge >= 0.3 is 6.61 Å². The van der Waals surface area contributed by atoms with Crippen LogP contribution in [0.3, 0.4) is 0 Å². The smallest absolute Gasteiger partial charge is 0.387 e. The Hall–Kier alpha value is -1.82. The molecule has 0 aliphatic rings. The lowest BCUT2D eigenvalue weighted by Crippen LogP contribution is -2.07. The van der Waals surface area contributed by atoms with Crippen molar-refractivity contribution in [2.24, 2.45) is 0 Å². The van der Waals surface area contributed by atoms with E-state index in [-0.39, 0.29) is 5.75 Å². The number of para-hydroxylation sites is 1. The van der Waals surface area contributed by atoms with Crippen molar-refractivity contribution < 1.29 is 18.3 Å². The summed E-state index contributed by atoms with van der Waals surface area (Å²) >= 11 is 3.42. The number of nitrogens with one attached hydrogen (secondary N) is 1. The van der Waals surface area contributed by atoms with Gasteiger partial charge in [0.05, 0.1) is 12.8 Å². The number of halogens is 3. The third-order valence-electron chi connectivity index (χ3n) is 2.83. The Morgan fingerprint density at radius 2 is 1.95 bits per heavy atom. The number of alkyl halides is 2. The predicted octanol–water partition coefficient (Wildman–Crippen LogP) is 4.67. The van der Waals surface area contributed by atoms with Crippen LogP contribution in [0.5, 0.6) is 11.5 Å². The maximum absolute atomic E-state index is 12.4. The number of ether oxygens (including phenoxy) is 2. The number of benzene rings is 2. The highest BCUT2D eigenvalue weighted by atomic mass is 79.9. The standard InChI is InChI=1S/C15H14BrF2NO2/c1-20-11-6-7-12(16)13(8-11)19-9-10-4-2-3-5-14(10)21-15(17)18/h2-8,15,19H,9H2,1H3. The Morgan fingerprint density at radius 3 is 2.67 bits per heavy atom. The first-order valence-corrected chi connectivity index (χ1v) is 6.99. The van der Waals surface area contributed by atoms with Crippen LogP contribution in [0.1, 0.15) is 5.56 Å². The van der Waals surface area contributed by atoms with E-state index in [0.29, 0.717) is 17.9 Å². The van der Waals surface area contributed by atoms with Gasteiger partial charge in [-0.2, -0.15) is 8.78 Å². The summed E-state index contributed by atoms with van der Waals surface area (Å²) in [5, 5.41) is 3.17. The van der Waals surface area contributed by atoms with Gasteiger partial charge in [0, 0.05) is 22.6 Å². The van der Waals surface area contributed by atoms with Gasteiger partial charge in [0.25, 0.3) is 0 Å². The van der Waals surface area contributed by atoms with Crippen molar-refractivity contribution in [2.45, 2.75) is 13.2 Å². The summed E-state index contributed by atoms with van der Waals surface area (Å²) in [4.78, 5) is 0. The van der Waals surface area contributed by atoms with E-state index in [0.717, 1.165) is 10.2 Å². The third-order valence-corrected chi connectivity index (χ3v) is 3.52.